The Morgan fingerprint density at radius 3 is 2.60 bits per heavy atom. The van der Waals surface area contributed by atoms with Gasteiger partial charge in [-0.3, -0.25) is 15.6 Å². The molecule has 0 spiro atoms. The van der Waals surface area contributed by atoms with Crippen LogP contribution in [0.4, 0.5) is 0 Å². The lowest BCUT2D eigenvalue weighted by molar-refractivity contribution is 0.0951. The first-order valence-corrected chi connectivity index (χ1v) is 8.66. The minimum atomic E-state index is -0.0738. The topological polar surface area (TPSA) is 62.4 Å². The summed E-state index contributed by atoms with van der Waals surface area (Å²) in [5.41, 5.74) is 9.21. The summed E-state index contributed by atoms with van der Waals surface area (Å²) in [7, 11) is 1.65. The molecule has 1 atom stereocenters. The van der Waals surface area contributed by atoms with Crippen LogP contribution in [-0.2, 0) is 0 Å². The number of hydrazine groups is 1. The Morgan fingerprint density at radius 2 is 1.92 bits per heavy atom. The van der Waals surface area contributed by atoms with Crippen LogP contribution in [0.15, 0.2) is 48.5 Å². The summed E-state index contributed by atoms with van der Waals surface area (Å²) in [5.74, 6) is 1.31. The highest BCUT2D eigenvalue weighted by atomic mass is 16.5. The predicted molar refractivity (Wildman–Crippen MR) is 98.9 cm³/mol. The van der Waals surface area contributed by atoms with Crippen LogP contribution >= 0.6 is 0 Å². The number of hydrogen-bond acceptors (Lipinski definition) is 4. The molecular weight excluding hydrogens is 314 g/mol. The molecule has 0 aromatic heterocycles. The second-order valence-electron chi connectivity index (χ2n) is 6.44. The van der Waals surface area contributed by atoms with E-state index in [0.29, 0.717) is 18.0 Å². The van der Waals surface area contributed by atoms with Crippen molar-refractivity contribution in [2.45, 2.75) is 18.8 Å². The van der Waals surface area contributed by atoms with Crippen molar-refractivity contribution in [3.63, 3.8) is 0 Å². The fourth-order valence-electron chi connectivity index (χ4n) is 3.12. The predicted octanol–water partition coefficient (Wildman–Crippen LogP) is 2.42. The molecular formula is C20H25N3O2. The van der Waals surface area contributed by atoms with Gasteiger partial charge in [0.1, 0.15) is 5.75 Å². The van der Waals surface area contributed by atoms with Gasteiger partial charge in [-0.25, -0.2) is 0 Å². The molecule has 2 aromatic rings. The van der Waals surface area contributed by atoms with Crippen molar-refractivity contribution in [3.8, 4) is 5.75 Å². The first kappa shape index (κ1) is 17.5. The molecule has 25 heavy (non-hydrogen) atoms. The molecule has 1 fully saturated rings. The summed E-state index contributed by atoms with van der Waals surface area (Å²) in [4.78, 5) is 12.5. The number of amides is 1. The fourth-order valence-corrected chi connectivity index (χ4v) is 3.12. The van der Waals surface area contributed by atoms with Gasteiger partial charge in [0.05, 0.1) is 7.11 Å². The minimum absolute atomic E-state index is 0.0738. The van der Waals surface area contributed by atoms with E-state index in [-0.39, 0.29) is 11.8 Å². The standard InChI is InChI=1S/C20H25N3O2/c1-14(15-6-4-3-5-7-15)11-21-20(24)16-8-9-18(19(10-16)25-2)17-12-22-23-13-17/h3-10,14,17,22-23H,11-13H2,1-2H3,(H,21,24)/t14-/m0/s1. The van der Waals surface area contributed by atoms with Gasteiger partial charge >= 0.3 is 0 Å². The van der Waals surface area contributed by atoms with Gasteiger partial charge in [-0.15, -0.1) is 0 Å². The van der Waals surface area contributed by atoms with Crippen molar-refractivity contribution >= 4 is 5.91 Å². The normalized spacial score (nSPS) is 15.8. The number of carbonyl (C=O) groups is 1. The van der Waals surface area contributed by atoms with E-state index < -0.39 is 0 Å². The molecule has 2 aromatic carbocycles. The zero-order valence-electron chi connectivity index (χ0n) is 14.7. The van der Waals surface area contributed by atoms with Crippen LogP contribution in [0.2, 0.25) is 0 Å². The maximum atomic E-state index is 12.5. The summed E-state index contributed by atoms with van der Waals surface area (Å²) in [6.07, 6.45) is 0. The number of rotatable bonds is 6. The van der Waals surface area contributed by atoms with Gasteiger partial charge in [0.2, 0.25) is 0 Å². The molecule has 0 aliphatic carbocycles. The van der Waals surface area contributed by atoms with Crippen molar-refractivity contribution < 1.29 is 9.53 Å². The fraction of sp³-hybridized carbons (Fsp3) is 0.350. The third kappa shape index (κ3) is 4.18. The summed E-state index contributed by atoms with van der Waals surface area (Å²) in [6.45, 7) is 4.43. The maximum absolute atomic E-state index is 12.5. The van der Waals surface area contributed by atoms with Gasteiger partial charge in [0, 0.05) is 31.1 Å². The van der Waals surface area contributed by atoms with E-state index >= 15 is 0 Å². The second-order valence-corrected chi connectivity index (χ2v) is 6.44. The van der Waals surface area contributed by atoms with Crippen molar-refractivity contribution in [1.82, 2.24) is 16.2 Å². The monoisotopic (exact) mass is 339 g/mol. The Hall–Kier alpha value is -2.37. The van der Waals surface area contributed by atoms with Crippen LogP contribution in [0, 0.1) is 0 Å². The highest BCUT2D eigenvalue weighted by Crippen LogP contribution is 2.28. The average Bonchev–Trinajstić information content (AvgIpc) is 3.20. The number of carbonyl (C=O) groups excluding carboxylic acids is 1. The molecule has 0 bridgehead atoms. The lowest BCUT2D eigenvalue weighted by Crippen LogP contribution is -2.27. The lowest BCUT2D eigenvalue weighted by Gasteiger charge is -2.16. The van der Waals surface area contributed by atoms with Crippen LogP contribution in [0.1, 0.15) is 40.2 Å². The first-order chi connectivity index (χ1) is 12.2. The first-order valence-electron chi connectivity index (χ1n) is 8.66. The van der Waals surface area contributed by atoms with E-state index in [1.165, 1.54) is 5.56 Å². The molecule has 1 aliphatic heterocycles. The average molecular weight is 339 g/mol. The molecule has 0 unspecified atom stereocenters. The molecule has 132 valence electrons. The Labute approximate surface area is 148 Å². The Morgan fingerprint density at radius 1 is 1.20 bits per heavy atom. The van der Waals surface area contributed by atoms with Crippen molar-refractivity contribution in [1.29, 1.82) is 0 Å². The van der Waals surface area contributed by atoms with E-state index in [9.17, 15) is 4.79 Å². The summed E-state index contributed by atoms with van der Waals surface area (Å²) in [5, 5.41) is 3.02. The Bertz CT molecular complexity index is 712. The van der Waals surface area contributed by atoms with Crippen LogP contribution < -0.4 is 20.9 Å². The smallest absolute Gasteiger partial charge is 0.251 e. The Balaban J connectivity index is 1.65. The van der Waals surface area contributed by atoms with Crippen LogP contribution in [0.25, 0.3) is 0 Å². The van der Waals surface area contributed by atoms with E-state index in [1.54, 1.807) is 7.11 Å². The third-order valence-electron chi connectivity index (χ3n) is 4.69. The highest BCUT2D eigenvalue weighted by Gasteiger charge is 2.21. The molecule has 3 N–H and O–H groups in total. The van der Waals surface area contributed by atoms with Crippen molar-refractivity contribution in [2.24, 2.45) is 0 Å². The summed E-state index contributed by atoms with van der Waals surface area (Å²) >= 11 is 0. The van der Waals surface area contributed by atoms with Crippen LogP contribution in [0.3, 0.4) is 0 Å². The molecule has 1 saturated heterocycles. The van der Waals surface area contributed by atoms with E-state index in [0.717, 1.165) is 24.4 Å². The highest BCUT2D eigenvalue weighted by molar-refractivity contribution is 5.94. The molecule has 1 amide bonds. The van der Waals surface area contributed by atoms with Gasteiger partial charge in [0.15, 0.2) is 0 Å². The zero-order chi connectivity index (χ0) is 17.6. The maximum Gasteiger partial charge on any atom is 0.251 e. The lowest BCUT2D eigenvalue weighted by atomic mass is 9.97. The molecule has 0 saturated carbocycles. The number of benzene rings is 2. The van der Waals surface area contributed by atoms with Gasteiger partial charge in [-0.05, 0) is 29.2 Å². The number of hydrogen-bond donors (Lipinski definition) is 3. The number of methoxy groups -OCH3 is 1. The molecule has 5 heteroatoms. The van der Waals surface area contributed by atoms with Crippen molar-refractivity contribution in [3.05, 3.63) is 65.2 Å². The number of ether oxygens (including phenoxy) is 1. The largest absolute Gasteiger partial charge is 0.496 e. The van der Waals surface area contributed by atoms with Gasteiger partial charge in [-0.1, -0.05) is 43.3 Å². The number of nitrogens with one attached hydrogen (secondary N) is 3. The van der Waals surface area contributed by atoms with Gasteiger partial charge in [0.25, 0.3) is 5.91 Å². The summed E-state index contributed by atoms with van der Waals surface area (Å²) < 4.78 is 5.51. The van der Waals surface area contributed by atoms with Gasteiger partial charge in [-0.2, -0.15) is 0 Å². The Kier molecular flexibility index (Phi) is 5.68. The van der Waals surface area contributed by atoms with Crippen LogP contribution in [-0.4, -0.2) is 32.7 Å². The SMILES string of the molecule is COc1cc(C(=O)NC[C@H](C)c2ccccc2)ccc1C1CNNC1. The second kappa shape index (κ2) is 8.14. The van der Waals surface area contributed by atoms with Gasteiger partial charge < -0.3 is 10.1 Å². The summed E-state index contributed by atoms with van der Waals surface area (Å²) in [6, 6.07) is 15.9. The van der Waals surface area contributed by atoms with Crippen molar-refractivity contribution in [2.75, 3.05) is 26.7 Å². The van der Waals surface area contributed by atoms with Crippen LogP contribution in [0.5, 0.6) is 5.75 Å². The van der Waals surface area contributed by atoms with E-state index in [4.69, 9.17) is 4.74 Å². The van der Waals surface area contributed by atoms with E-state index in [1.807, 2.05) is 36.4 Å². The molecule has 1 heterocycles. The zero-order valence-corrected chi connectivity index (χ0v) is 14.7. The minimum Gasteiger partial charge on any atom is -0.496 e. The quantitative estimate of drug-likeness (QED) is 0.756. The molecule has 0 radical (unpaired) electrons. The third-order valence-corrected chi connectivity index (χ3v) is 4.69. The van der Waals surface area contributed by atoms with E-state index in [2.05, 4.69) is 35.2 Å². The molecule has 5 nitrogen and oxygen atoms in total. The molecule has 1 aliphatic rings. The molecule has 3 rings (SSSR count).